The number of carbonyl (C=O) groups is 1. The van der Waals surface area contributed by atoms with Gasteiger partial charge in [-0.05, 0) is 20.3 Å². The van der Waals surface area contributed by atoms with Crippen LogP contribution < -0.4 is 5.32 Å². The van der Waals surface area contributed by atoms with Gasteiger partial charge in [0.15, 0.2) is 0 Å². The summed E-state index contributed by atoms with van der Waals surface area (Å²) >= 11 is 0. The smallest absolute Gasteiger partial charge is 0.222 e. The largest absolute Gasteiger partial charge is 0.372 e. The molecule has 0 bridgehead atoms. The first kappa shape index (κ1) is 23.4. The van der Waals surface area contributed by atoms with Gasteiger partial charge < -0.3 is 10.4 Å². The van der Waals surface area contributed by atoms with Crippen LogP contribution >= 0.6 is 0 Å². The Labute approximate surface area is 151 Å². The van der Waals surface area contributed by atoms with Crippen LogP contribution in [0, 0.1) is 0 Å². The van der Waals surface area contributed by atoms with Gasteiger partial charge in [-0.2, -0.15) is 0 Å². The molecule has 0 fully saturated rings. The Kier molecular flexibility index (Phi) is 15.6. The van der Waals surface area contributed by atoms with Crippen molar-refractivity contribution in [2.45, 2.75) is 129 Å². The Morgan fingerprint density at radius 1 is 0.708 bits per heavy atom. The average molecular weight is 342 g/mol. The molecule has 0 radical (unpaired) electrons. The molecule has 0 atom stereocenters. The van der Waals surface area contributed by atoms with Gasteiger partial charge in [-0.1, -0.05) is 96.8 Å². The van der Waals surface area contributed by atoms with Crippen LogP contribution in [0.25, 0.3) is 0 Å². The molecule has 2 N–H and O–H groups in total. The normalized spacial score (nSPS) is 11.7. The molecule has 0 saturated heterocycles. The van der Waals surface area contributed by atoms with E-state index in [9.17, 15) is 9.90 Å². The van der Waals surface area contributed by atoms with Crippen LogP contribution in [0.5, 0.6) is 0 Å². The number of hydrogen-bond acceptors (Lipinski definition) is 2. The standard InChI is InChI=1S/C21H43NO2/c1-4-5-6-7-8-9-10-11-12-13-14-15-16-17-18-19-20(23)22-21(2,3)24/h24H,4-19H2,1-3H3,(H,22,23). The topological polar surface area (TPSA) is 49.3 Å². The van der Waals surface area contributed by atoms with E-state index in [1.807, 2.05) is 0 Å². The summed E-state index contributed by atoms with van der Waals surface area (Å²) in [6, 6.07) is 0. The van der Waals surface area contributed by atoms with Crippen molar-refractivity contribution in [1.82, 2.24) is 5.32 Å². The summed E-state index contributed by atoms with van der Waals surface area (Å²) in [5.74, 6) is -0.0443. The van der Waals surface area contributed by atoms with Gasteiger partial charge in [0, 0.05) is 6.42 Å². The summed E-state index contributed by atoms with van der Waals surface area (Å²) in [4.78, 5) is 11.5. The highest BCUT2D eigenvalue weighted by Gasteiger charge is 2.14. The van der Waals surface area contributed by atoms with Crippen molar-refractivity contribution < 1.29 is 9.90 Å². The highest BCUT2D eigenvalue weighted by atomic mass is 16.3. The van der Waals surface area contributed by atoms with Crippen LogP contribution in [-0.2, 0) is 4.79 Å². The fraction of sp³-hybridized carbons (Fsp3) is 0.952. The van der Waals surface area contributed by atoms with E-state index >= 15 is 0 Å². The lowest BCUT2D eigenvalue weighted by Gasteiger charge is -2.18. The second-order valence-corrected chi connectivity index (χ2v) is 7.81. The molecule has 0 rings (SSSR count). The molecule has 0 aliphatic rings. The molecule has 0 aliphatic carbocycles. The number of unbranched alkanes of at least 4 members (excludes halogenated alkanes) is 14. The summed E-state index contributed by atoms with van der Waals surface area (Å²) in [6.45, 7) is 5.46. The fourth-order valence-electron chi connectivity index (χ4n) is 3.06. The Hall–Kier alpha value is -0.570. The lowest BCUT2D eigenvalue weighted by Crippen LogP contribution is -2.42. The molecule has 144 valence electrons. The maximum atomic E-state index is 11.5. The number of amides is 1. The Morgan fingerprint density at radius 3 is 1.38 bits per heavy atom. The minimum Gasteiger partial charge on any atom is -0.372 e. The van der Waals surface area contributed by atoms with E-state index in [2.05, 4.69) is 12.2 Å². The minimum absolute atomic E-state index is 0.0443. The summed E-state index contributed by atoms with van der Waals surface area (Å²) in [7, 11) is 0. The zero-order chi connectivity index (χ0) is 18.1. The van der Waals surface area contributed by atoms with Gasteiger partial charge in [0.05, 0.1) is 0 Å². The second-order valence-electron chi connectivity index (χ2n) is 7.81. The van der Waals surface area contributed by atoms with Crippen molar-refractivity contribution in [1.29, 1.82) is 0 Å². The minimum atomic E-state index is -1.09. The first-order valence-electron chi connectivity index (χ1n) is 10.5. The van der Waals surface area contributed by atoms with Crippen LogP contribution in [0.3, 0.4) is 0 Å². The van der Waals surface area contributed by atoms with Crippen LogP contribution in [0.15, 0.2) is 0 Å². The third kappa shape index (κ3) is 19.5. The third-order valence-corrected chi connectivity index (χ3v) is 4.45. The molecular weight excluding hydrogens is 298 g/mol. The van der Waals surface area contributed by atoms with Gasteiger partial charge >= 0.3 is 0 Å². The number of carbonyl (C=O) groups excluding carboxylic acids is 1. The molecule has 0 unspecified atom stereocenters. The molecule has 0 heterocycles. The summed E-state index contributed by atoms with van der Waals surface area (Å²) in [5, 5.41) is 12.1. The van der Waals surface area contributed by atoms with Gasteiger partial charge in [0.25, 0.3) is 0 Å². The summed E-state index contributed by atoms with van der Waals surface area (Å²) in [5.41, 5.74) is -1.09. The lowest BCUT2D eigenvalue weighted by atomic mass is 10.0. The molecule has 0 aromatic rings. The molecule has 0 saturated carbocycles. The van der Waals surface area contributed by atoms with Gasteiger partial charge in [0.1, 0.15) is 5.72 Å². The van der Waals surface area contributed by atoms with Gasteiger partial charge in [-0.25, -0.2) is 0 Å². The Bertz CT molecular complexity index is 284. The quantitative estimate of drug-likeness (QED) is 0.248. The highest BCUT2D eigenvalue weighted by Crippen LogP contribution is 2.13. The summed E-state index contributed by atoms with van der Waals surface area (Å²) in [6.07, 6.45) is 20.5. The molecule has 0 aromatic heterocycles. The fourth-order valence-corrected chi connectivity index (χ4v) is 3.06. The maximum Gasteiger partial charge on any atom is 0.222 e. The van der Waals surface area contributed by atoms with E-state index in [1.165, 1.54) is 83.5 Å². The average Bonchev–Trinajstić information content (AvgIpc) is 2.49. The number of aliphatic hydroxyl groups is 1. The predicted molar refractivity (Wildman–Crippen MR) is 104 cm³/mol. The monoisotopic (exact) mass is 341 g/mol. The second kappa shape index (κ2) is 15.9. The van der Waals surface area contributed by atoms with Crippen LogP contribution in [-0.4, -0.2) is 16.7 Å². The number of hydrogen-bond donors (Lipinski definition) is 2. The molecule has 0 aromatic carbocycles. The lowest BCUT2D eigenvalue weighted by molar-refractivity contribution is -0.127. The third-order valence-electron chi connectivity index (χ3n) is 4.45. The predicted octanol–water partition coefficient (Wildman–Crippen LogP) is 6.09. The van der Waals surface area contributed by atoms with E-state index in [4.69, 9.17) is 0 Å². The molecule has 1 amide bonds. The maximum absolute atomic E-state index is 11.5. The van der Waals surface area contributed by atoms with Gasteiger partial charge in [-0.3, -0.25) is 4.79 Å². The first-order valence-corrected chi connectivity index (χ1v) is 10.5. The van der Waals surface area contributed by atoms with Gasteiger partial charge in [-0.15, -0.1) is 0 Å². The molecule has 3 nitrogen and oxygen atoms in total. The van der Waals surface area contributed by atoms with E-state index in [0.717, 1.165) is 12.8 Å². The number of nitrogens with one attached hydrogen (secondary N) is 1. The van der Waals surface area contributed by atoms with Crippen molar-refractivity contribution in [2.75, 3.05) is 0 Å². The zero-order valence-corrected chi connectivity index (χ0v) is 16.7. The Morgan fingerprint density at radius 2 is 1.04 bits per heavy atom. The van der Waals surface area contributed by atoms with E-state index in [0.29, 0.717) is 6.42 Å². The highest BCUT2D eigenvalue weighted by molar-refractivity contribution is 5.76. The van der Waals surface area contributed by atoms with E-state index in [1.54, 1.807) is 13.8 Å². The molecule has 24 heavy (non-hydrogen) atoms. The molecule has 0 spiro atoms. The first-order chi connectivity index (χ1) is 11.5. The summed E-state index contributed by atoms with van der Waals surface area (Å²) < 4.78 is 0. The van der Waals surface area contributed by atoms with E-state index < -0.39 is 5.72 Å². The van der Waals surface area contributed by atoms with Crippen LogP contribution in [0.4, 0.5) is 0 Å². The van der Waals surface area contributed by atoms with Crippen LogP contribution in [0.1, 0.15) is 124 Å². The van der Waals surface area contributed by atoms with Gasteiger partial charge in [0.2, 0.25) is 5.91 Å². The zero-order valence-electron chi connectivity index (χ0n) is 16.7. The van der Waals surface area contributed by atoms with Crippen molar-refractivity contribution in [3.63, 3.8) is 0 Å². The Balaban J connectivity index is 3.14. The molecule has 3 heteroatoms. The van der Waals surface area contributed by atoms with Crippen molar-refractivity contribution in [3.05, 3.63) is 0 Å². The number of rotatable bonds is 17. The van der Waals surface area contributed by atoms with Crippen molar-refractivity contribution in [2.24, 2.45) is 0 Å². The van der Waals surface area contributed by atoms with Crippen molar-refractivity contribution >= 4 is 5.91 Å². The van der Waals surface area contributed by atoms with Crippen LogP contribution in [0.2, 0.25) is 0 Å². The van der Waals surface area contributed by atoms with E-state index in [-0.39, 0.29) is 5.91 Å². The van der Waals surface area contributed by atoms with Crippen molar-refractivity contribution in [3.8, 4) is 0 Å². The SMILES string of the molecule is CCCCCCCCCCCCCCCCCC(=O)NC(C)(C)O. The molecular formula is C21H43NO2. The molecule has 0 aliphatic heterocycles.